The Balaban J connectivity index is 1.75. The Bertz CT molecular complexity index is 1650. The molecule has 0 aliphatic carbocycles. The Hall–Kier alpha value is -3.84. The summed E-state index contributed by atoms with van der Waals surface area (Å²) < 4.78 is 30.7. The summed E-state index contributed by atoms with van der Waals surface area (Å²) in [5, 5.41) is 11.9. The Morgan fingerprint density at radius 3 is 2.45 bits per heavy atom. The molecule has 1 N–H and O–H groups in total. The van der Waals surface area contributed by atoms with Crippen molar-refractivity contribution >= 4 is 40.4 Å². The molecule has 206 valence electrons. The van der Waals surface area contributed by atoms with Gasteiger partial charge in [0.25, 0.3) is 5.91 Å². The fraction of sp³-hybridized carbons (Fsp3) is 0.241. The summed E-state index contributed by atoms with van der Waals surface area (Å²) >= 11 is 1.83. The zero-order chi connectivity index (χ0) is 28.4. The number of hydrogen-bond acceptors (Lipinski definition) is 6. The molecule has 0 spiro atoms. The summed E-state index contributed by atoms with van der Waals surface area (Å²) in [6, 6.07) is 16.0. The molecule has 5 aromatic rings. The smallest absolute Gasteiger partial charge is 0.261 e. The van der Waals surface area contributed by atoms with Gasteiger partial charge in [0.1, 0.15) is 46.6 Å². The molecule has 0 saturated carbocycles. The van der Waals surface area contributed by atoms with Crippen LogP contribution in [0.25, 0.3) is 5.52 Å². The molecule has 5 rings (SSSR count). The van der Waals surface area contributed by atoms with E-state index in [0.717, 1.165) is 16.7 Å². The average molecular weight is 654 g/mol. The van der Waals surface area contributed by atoms with Crippen molar-refractivity contribution in [2.24, 2.45) is 0 Å². The highest BCUT2D eigenvalue weighted by Crippen LogP contribution is 2.46. The number of aromatic nitrogens is 5. The SMILES string of the molecule is CCc1c(C(OI)(c2ccccc2C)c2ccccc2F)nn2cc(OC)c(C(=O)Nc3ncn(CC)n3)cc12. The molecule has 1 amide bonds. The molecule has 11 heteroatoms. The number of anilines is 1. The fourth-order valence-electron chi connectivity index (χ4n) is 5.00. The number of aryl methyl sites for hydroxylation is 3. The Morgan fingerprint density at radius 1 is 1.10 bits per heavy atom. The van der Waals surface area contributed by atoms with Crippen LogP contribution in [0.5, 0.6) is 5.75 Å². The highest BCUT2D eigenvalue weighted by molar-refractivity contribution is 14.1. The molecule has 0 saturated heterocycles. The molecular formula is C29H28FIN6O3. The quantitative estimate of drug-likeness (QED) is 0.200. The van der Waals surface area contributed by atoms with E-state index in [1.54, 1.807) is 46.0 Å². The van der Waals surface area contributed by atoms with Gasteiger partial charge < -0.3 is 4.74 Å². The molecule has 2 aromatic carbocycles. The van der Waals surface area contributed by atoms with Gasteiger partial charge in [-0.2, -0.15) is 5.10 Å². The van der Waals surface area contributed by atoms with Crippen LogP contribution in [0, 0.1) is 12.7 Å². The van der Waals surface area contributed by atoms with Crippen LogP contribution in [0.4, 0.5) is 10.3 Å². The minimum Gasteiger partial charge on any atom is -0.494 e. The molecular weight excluding hydrogens is 626 g/mol. The molecule has 0 radical (unpaired) electrons. The summed E-state index contributed by atoms with van der Waals surface area (Å²) in [6.45, 7) is 6.50. The van der Waals surface area contributed by atoms with Crippen LogP contribution in [-0.2, 0) is 21.6 Å². The van der Waals surface area contributed by atoms with E-state index < -0.39 is 17.3 Å². The van der Waals surface area contributed by atoms with E-state index in [4.69, 9.17) is 12.9 Å². The molecule has 3 aromatic heterocycles. The first-order valence-corrected chi connectivity index (χ1v) is 13.7. The lowest BCUT2D eigenvalue weighted by Crippen LogP contribution is -2.33. The van der Waals surface area contributed by atoms with Gasteiger partial charge in [0.05, 0.1) is 24.4 Å². The number of fused-ring (bicyclic) bond motifs is 1. The average Bonchev–Trinajstić information content (AvgIpc) is 3.58. The molecule has 0 bridgehead atoms. The first-order valence-electron chi connectivity index (χ1n) is 12.8. The number of rotatable bonds is 9. The number of nitrogens with zero attached hydrogens (tertiary/aromatic N) is 5. The largest absolute Gasteiger partial charge is 0.494 e. The summed E-state index contributed by atoms with van der Waals surface area (Å²) in [4.78, 5) is 17.5. The van der Waals surface area contributed by atoms with Crippen molar-refractivity contribution in [3.63, 3.8) is 0 Å². The van der Waals surface area contributed by atoms with Crippen LogP contribution in [0.3, 0.4) is 0 Å². The zero-order valence-corrected chi connectivity index (χ0v) is 24.6. The molecule has 0 aliphatic rings. The second-order valence-electron chi connectivity index (χ2n) is 9.20. The van der Waals surface area contributed by atoms with Crippen LogP contribution < -0.4 is 10.1 Å². The van der Waals surface area contributed by atoms with Gasteiger partial charge in [0, 0.05) is 17.7 Å². The summed E-state index contributed by atoms with van der Waals surface area (Å²) in [5.41, 5.74) is 2.90. The number of benzene rings is 2. The van der Waals surface area contributed by atoms with Crippen LogP contribution in [0.1, 0.15) is 52.2 Å². The van der Waals surface area contributed by atoms with Gasteiger partial charge in [-0.15, -0.1) is 5.10 Å². The van der Waals surface area contributed by atoms with Crippen molar-refractivity contribution in [3.05, 3.63) is 106 Å². The third-order valence-electron chi connectivity index (χ3n) is 6.97. The Kier molecular flexibility index (Phi) is 7.86. The molecule has 3 heterocycles. The maximum absolute atomic E-state index is 15.6. The van der Waals surface area contributed by atoms with Gasteiger partial charge in [0.15, 0.2) is 5.60 Å². The van der Waals surface area contributed by atoms with E-state index >= 15 is 4.39 Å². The monoisotopic (exact) mass is 654 g/mol. The summed E-state index contributed by atoms with van der Waals surface area (Å²) in [5.74, 6) is -0.352. The molecule has 0 aliphatic heterocycles. The number of pyridine rings is 1. The predicted molar refractivity (Wildman–Crippen MR) is 157 cm³/mol. The van der Waals surface area contributed by atoms with Crippen molar-refractivity contribution in [1.29, 1.82) is 0 Å². The van der Waals surface area contributed by atoms with Gasteiger partial charge in [-0.25, -0.2) is 13.9 Å². The zero-order valence-electron chi connectivity index (χ0n) is 22.5. The number of methoxy groups -OCH3 is 1. The van der Waals surface area contributed by atoms with Crippen molar-refractivity contribution in [1.82, 2.24) is 24.4 Å². The highest BCUT2D eigenvalue weighted by Gasteiger charge is 2.45. The third kappa shape index (κ3) is 4.62. The van der Waals surface area contributed by atoms with Crippen molar-refractivity contribution < 1.29 is 17.0 Å². The van der Waals surface area contributed by atoms with Crippen LogP contribution in [0.15, 0.2) is 67.1 Å². The molecule has 1 unspecified atom stereocenters. The van der Waals surface area contributed by atoms with E-state index in [1.807, 2.05) is 68.0 Å². The van der Waals surface area contributed by atoms with Gasteiger partial charge in [-0.05, 0) is 43.5 Å². The number of amides is 1. The van der Waals surface area contributed by atoms with Crippen molar-refractivity contribution in [2.75, 3.05) is 12.4 Å². The fourth-order valence-corrected chi connectivity index (χ4v) is 5.68. The molecule has 9 nitrogen and oxygen atoms in total. The lowest BCUT2D eigenvalue weighted by molar-refractivity contribution is 0.102. The third-order valence-corrected chi connectivity index (χ3v) is 7.63. The van der Waals surface area contributed by atoms with Gasteiger partial charge in [-0.3, -0.25) is 17.9 Å². The van der Waals surface area contributed by atoms with E-state index in [2.05, 4.69) is 15.4 Å². The molecule has 0 fully saturated rings. The highest BCUT2D eigenvalue weighted by atomic mass is 127. The van der Waals surface area contributed by atoms with Crippen LogP contribution in [-0.4, -0.2) is 37.4 Å². The summed E-state index contributed by atoms with van der Waals surface area (Å²) in [6.07, 6.45) is 3.73. The van der Waals surface area contributed by atoms with Gasteiger partial charge in [-0.1, -0.05) is 49.4 Å². The number of halogens is 2. The number of carbonyl (C=O) groups is 1. The van der Waals surface area contributed by atoms with Crippen molar-refractivity contribution in [2.45, 2.75) is 39.3 Å². The Labute approximate surface area is 245 Å². The minimum absolute atomic E-state index is 0.190. The number of ether oxygens (including phenoxy) is 1. The van der Waals surface area contributed by atoms with E-state index in [9.17, 15) is 4.79 Å². The van der Waals surface area contributed by atoms with Gasteiger partial charge >= 0.3 is 0 Å². The topological polar surface area (TPSA) is 95.6 Å². The van der Waals surface area contributed by atoms with E-state index in [1.165, 1.54) is 13.2 Å². The normalized spacial score (nSPS) is 12.8. The maximum Gasteiger partial charge on any atom is 0.261 e. The van der Waals surface area contributed by atoms with E-state index in [0.29, 0.717) is 35.5 Å². The second-order valence-corrected chi connectivity index (χ2v) is 9.64. The first kappa shape index (κ1) is 27.7. The first-order chi connectivity index (χ1) is 19.4. The summed E-state index contributed by atoms with van der Waals surface area (Å²) in [7, 11) is 1.48. The number of hydrogen-bond donors (Lipinski definition) is 1. The predicted octanol–water partition coefficient (Wildman–Crippen LogP) is 5.88. The van der Waals surface area contributed by atoms with Crippen LogP contribution >= 0.6 is 23.0 Å². The van der Waals surface area contributed by atoms with Gasteiger partial charge in [0.2, 0.25) is 5.95 Å². The minimum atomic E-state index is -1.37. The second kappa shape index (κ2) is 11.3. The molecule has 1 atom stereocenters. The van der Waals surface area contributed by atoms with E-state index in [-0.39, 0.29) is 11.5 Å². The van der Waals surface area contributed by atoms with Crippen molar-refractivity contribution in [3.8, 4) is 5.75 Å². The number of carbonyl (C=O) groups excluding carboxylic acids is 1. The lowest BCUT2D eigenvalue weighted by Gasteiger charge is -2.33. The standard InChI is InChI=1S/C29H28FIN6O3/c1-5-19-24-15-20(27(38)33-28-32-17-36(6-2)35-28)25(39-4)16-37(24)34-26(19)29(40-31,21-12-8-7-11-18(21)3)22-13-9-10-14-23(22)30/h7-17H,5-6H2,1-4H3,(H,33,35,38). The lowest BCUT2D eigenvalue weighted by atomic mass is 9.79. The maximum atomic E-state index is 15.6. The van der Waals surface area contributed by atoms with Crippen LogP contribution in [0.2, 0.25) is 0 Å². The Morgan fingerprint density at radius 2 is 1.82 bits per heavy atom. The number of nitrogens with one attached hydrogen (secondary N) is 1. The molecule has 40 heavy (non-hydrogen) atoms.